The third-order valence-electron chi connectivity index (χ3n) is 4.19. The van der Waals surface area contributed by atoms with Crippen LogP contribution >= 0.6 is 0 Å². The first-order valence-electron chi connectivity index (χ1n) is 8.80. The molecule has 1 aliphatic rings. The second-order valence-corrected chi connectivity index (χ2v) is 6.29. The van der Waals surface area contributed by atoms with Gasteiger partial charge in [0.2, 0.25) is 12.4 Å². The minimum Gasteiger partial charge on any atom is -0.452 e. The standard InChI is InChI=1S/C21H20O7/c1-13-17(27-19(23)15-9-5-3-6-10-15)18(21(25-13)26-14(2)22)28-20(24)16-11-7-4-8-12-16/h3-13,17-18,21H,1-2H3. The van der Waals surface area contributed by atoms with Crippen molar-refractivity contribution in [3.63, 3.8) is 0 Å². The Morgan fingerprint density at radius 3 is 1.68 bits per heavy atom. The van der Waals surface area contributed by atoms with Gasteiger partial charge in [-0.3, -0.25) is 4.79 Å². The number of hydrogen-bond donors (Lipinski definition) is 0. The zero-order valence-corrected chi connectivity index (χ0v) is 15.4. The zero-order chi connectivity index (χ0) is 20.1. The fourth-order valence-electron chi connectivity index (χ4n) is 2.86. The maximum atomic E-state index is 12.5. The van der Waals surface area contributed by atoms with Gasteiger partial charge < -0.3 is 18.9 Å². The number of hydrogen-bond acceptors (Lipinski definition) is 7. The Labute approximate surface area is 162 Å². The van der Waals surface area contributed by atoms with E-state index in [1.54, 1.807) is 67.6 Å². The molecular formula is C21H20O7. The Morgan fingerprint density at radius 2 is 1.21 bits per heavy atom. The van der Waals surface area contributed by atoms with E-state index >= 15 is 0 Å². The Hall–Kier alpha value is -3.19. The van der Waals surface area contributed by atoms with Crippen LogP contribution in [0, 0.1) is 0 Å². The lowest BCUT2D eigenvalue weighted by Gasteiger charge is -2.23. The van der Waals surface area contributed by atoms with Gasteiger partial charge in [0.05, 0.1) is 11.1 Å². The molecule has 0 saturated carbocycles. The number of carbonyl (C=O) groups excluding carboxylic acids is 3. The van der Waals surface area contributed by atoms with Gasteiger partial charge in [0.15, 0.2) is 6.10 Å². The monoisotopic (exact) mass is 384 g/mol. The molecule has 0 N–H and O–H groups in total. The molecule has 0 amide bonds. The lowest BCUT2D eigenvalue weighted by atomic mass is 10.1. The molecule has 7 heteroatoms. The molecule has 0 aromatic heterocycles. The molecule has 4 atom stereocenters. The van der Waals surface area contributed by atoms with Crippen molar-refractivity contribution in [2.45, 2.75) is 38.4 Å². The van der Waals surface area contributed by atoms with E-state index in [9.17, 15) is 14.4 Å². The van der Waals surface area contributed by atoms with Crippen molar-refractivity contribution in [3.8, 4) is 0 Å². The first kappa shape index (κ1) is 19.6. The van der Waals surface area contributed by atoms with E-state index in [1.165, 1.54) is 6.92 Å². The minimum atomic E-state index is -1.17. The highest BCUT2D eigenvalue weighted by Crippen LogP contribution is 2.29. The first-order chi connectivity index (χ1) is 13.5. The molecule has 4 unspecified atom stereocenters. The third-order valence-corrected chi connectivity index (χ3v) is 4.19. The SMILES string of the molecule is CC(=O)OC1OC(C)C(OC(=O)c2ccccc2)C1OC(=O)c1ccccc1. The van der Waals surface area contributed by atoms with Gasteiger partial charge in [-0.25, -0.2) is 9.59 Å². The molecule has 1 saturated heterocycles. The summed E-state index contributed by atoms with van der Waals surface area (Å²) in [5, 5.41) is 0. The summed E-state index contributed by atoms with van der Waals surface area (Å²) in [6.45, 7) is 2.86. The molecule has 1 heterocycles. The summed E-state index contributed by atoms with van der Waals surface area (Å²) in [6.07, 6.45) is -3.86. The van der Waals surface area contributed by atoms with Crippen LogP contribution in [0.3, 0.4) is 0 Å². The largest absolute Gasteiger partial charge is 0.452 e. The van der Waals surface area contributed by atoms with Gasteiger partial charge in [-0.15, -0.1) is 0 Å². The van der Waals surface area contributed by atoms with Gasteiger partial charge in [0.25, 0.3) is 0 Å². The van der Waals surface area contributed by atoms with Crippen molar-refractivity contribution in [2.24, 2.45) is 0 Å². The maximum Gasteiger partial charge on any atom is 0.338 e. The van der Waals surface area contributed by atoms with Crippen LogP contribution in [-0.2, 0) is 23.7 Å². The molecule has 0 bridgehead atoms. The highest BCUT2D eigenvalue weighted by atomic mass is 16.7. The van der Waals surface area contributed by atoms with Crippen LogP contribution in [0.4, 0.5) is 0 Å². The first-order valence-corrected chi connectivity index (χ1v) is 8.80. The van der Waals surface area contributed by atoms with Crippen LogP contribution in [0.15, 0.2) is 60.7 Å². The van der Waals surface area contributed by atoms with Gasteiger partial charge in [-0.1, -0.05) is 36.4 Å². The number of carbonyl (C=O) groups is 3. The fraction of sp³-hybridized carbons (Fsp3) is 0.286. The molecule has 28 heavy (non-hydrogen) atoms. The van der Waals surface area contributed by atoms with E-state index in [1.807, 2.05) is 0 Å². The van der Waals surface area contributed by atoms with E-state index in [0.717, 1.165) is 0 Å². The topological polar surface area (TPSA) is 88.1 Å². The minimum absolute atomic E-state index is 0.316. The number of esters is 3. The molecule has 7 nitrogen and oxygen atoms in total. The van der Waals surface area contributed by atoms with Crippen molar-refractivity contribution in [2.75, 3.05) is 0 Å². The zero-order valence-electron chi connectivity index (χ0n) is 15.4. The number of benzene rings is 2. The average Bonchev–Trinajstić information content (AvgIpc) is 2.97. The summed E-state index contributed by atoms with van der Waals surface area (Å²) in [5.74, 6) is -1.83. The van der Waals surface area contributed by atoms with Gasteiger partial charge >= 0.3 is 17.9 Å². The predicted octanol–water partition coefficient (Wildman–Crippen LogP) is 2.75. The normalized spacial score (nSPS) is 23.6. The highest BCUT2D eigenvalue weighted by Gasteiger charge is 2.49. The number of ether oxygens (including phenoxy) is 4. The van der Waals surface area contributed by atoms with Crippen molar-refractivity contribution >= 4 is 17.9 Å². The second kappa shape index (κ2) is 8.67. The molecule has 0 radical (unpaired) electrons. The highest BCUT2D eigenvalue weighted by molar-refractivity contribution is 5.90. The van der Waals surface area contributed by atoms with Crippen LogP contribution in [-0.4, -0.2) is 42.5 Å². The third kappa shape index (κ3) is 4.55. The van der Waals surface area contributed by atoms with E-state index in [-0.39, 0.29) is 0 Å². The molecule has 2 aromatic carbocycles. The van der Waals surface area contributed by atoms with E-state index in [2.05, 4.69) is 0 Å². The van der Waals surface area contributed by atoms with Crippen LogP contribution < -0.4 is 0 Å². The van der Waals surface area contributed by atoms with E-state index < -0.39 is 42.5 Å². The maximum absolute atomic E-state index is 12.5. The second-order valence-electron chi connectivity index (χ2n) is 6.29. The smallest absolute Gasteiger partial charge is 0.338 e. The predicted molar refractivity (Wildman–Crippen MR) is 97.4 cm³/mol. The van der Waals surface area contributed by atoms with Crippen LogP contribution in [0.1, 0.15) is 34.6 Å². The van der Waals surface area contributed by atoms with Crippen molar-refractivity contribution < 1.29 is 33.3 Å². The Kier molecular flexibility index (Phi) is 6.06. The summed E-state index contributed by atoms with van der Waals surface area (Å²) >= 11 is 0. The van der Waals surface area contributed by atoms with Crippen molar-refractivity contribution in [1.82, 2.24) is 0 Å². The molecule has 1 fully saturated rings. The number of rotatable bonds is 5. The Morgan fingerprint density at radius 1 is 0.750 bits per heavy atom. The Bertz CT molecular complexity index is 834. The summed E-state index contributed by atoms with van der Waals surface area (Å²) in [7, 11) is 0. The van der Waals surface area contributed by atoms with Gasteiger partial charge in [0, 0.05) is 6.92 Å². The quantitative estimate of drug-likeness (QED) is 0.578. The molecule has 0 spiro atoms. The fourth-order valence-corrected chi connectivity index (χ4v) is 2.86. The lowest BCUT2D eigenvalue weighted by molar-refractivity contribution is -0.185. The van der Waals surface area contributed by atoms with Crippen LogP contribution in [0.5, 0.6) is 0 Å². The van der Waals surface area contributed by atoms with Crippen LogP contribution in [0.2, 0.25) is 0 Å². The van der Waals surface area contributed by atoms with E-state index in [4.69, 9.17) is 18.9 Å². The van der Waals surface area contributed by atoms with Gasteiger partial charge in [-0.05, 0) is 31.2 Å². The lowest BCUT2D eigenvalue weighted by Crippen LogP contribution is -2.41. The van der Waals surface area contributed by atoms with Crippen molar-refractivity contribution in [1.29, 1.82) is 0 Å². The molecule has 1 aliphatic heterocycles. The molecular weight excluding hydrogens is 364 g/mol. The molecule has 2 aromatic rings. The van der Waals surface area contributed by atoms with Crippen LogP contribution in [0.25, 0.3) is 0 Å². The summed E-state index contributed by atoms with van der Waals surface area (Å²) in [5.41, 5.74) is 0.663. The molecule has 146 valence electrons. The molecule has 0 aliphatic carbocycles. The van der Waals surface area contributed by atoms with Gasteiger partial charge in [0.1, 0.15) is 6.10 Å². The average molecular weight is 384 g/mol. The van der Waals surface area contributed by atoms with Crippen molar-refractivity contribution in [3.05, 3.63) is 71.8 Å². The van der Waals surface area contributed by atoms with Gasteiger partial charge in [-0.2, -0.15) is 0 Å². The van der Waals surface area contributed by atoms with E-state index in [0.29, 0.717) is 11.1 Å². The summed E-state index contributed by atoms with van der Waals surface area (Å²) in [6, 6.07) is 16.7. The summed E-state index contributed by atoms with van der Waals surface area (Å²) < 4.78 is 21.7. The Balaban J connectivity index is 1.80. The summed E-state index contributed by atoms with van der Waals surface area (Å²) in [4.78, 5) is 36.3. The molecule has 3 rings (SSSR count).